The first-order valence-electron chi connectivity index (χ1n) is 11.0. The van der Waals surface area contributed by atoms with Gasteiger partial charge in [-0.25, -0.2) is 4.98 Å². The molecule has 7 nitrogen and oxygen atoms in total. The fourth-order valence-corrected chi connectivity index (χ4v) is 4.25. The van der Waals surface area contributed by atoms with Crippen LogP contribution in [0.2, 0.25) is 0 Å². The van der Waals surface area contributed by atoms with Crippen LogP contribution in [-0.2, 0) is 16.0 Å². The molecule has 1 aliphatic carbocycles. The molecule has 1 saturated carbocycles. The molecular formula is C25H28N4O3. The van der Waals surface area contributed by atoms with Gasteiger partial charge in [0.25, 0.3) is 5.56 Å². The molecule has 7 heteroatoms. The lowest BCUT2D eigenvalue weighted by Crippen LogP contribution is -2.37. The van der Waals surface area contributed by atoms with Gasteiger partial charge in [-0.2, -0.15) is 0 Å². The van der Waals surface area contributed by atoms with Gasteiger partial charge in [0.2, 0.25) is 5.91 Å². The van der Waals surface area contributed by atoms with Crippen LogP contribution in [-0.4, -0.2) is 34.1 Å². The molecule has 1 fully saturated rings. The van der Waals surface area contributed by atoms with Gasteiger partial charge in [-0.3, -0.25) is 14.6 Å². The number of carbonyl (C=O) groups excluding carboxylic acids is 1. The Labute approximate surface area is 187 Å². The second kappa shape index (κ2) is 10.3. The van der Waals surface area contributed by atoms with Crippen molar-refractivity contribution in [1.82, 2.24) is 20.3 Å². The number of aromatic nitrogens is 3. The predicted octanol–water partition coefficient (Wildman–Crippen LogP) is 3.44. The molecular weight excluding hydrogens is 404 g/mol. The zero-order valence-electron chi connectivity index (χ0n) is 18.2. The van der Waals surface area contributed by atoms with E-state index in [4.69, 9.17) is 4.74 Å². The van der Waals surface area contributed by atoms with E-state index in [-0.39, 0.29) is 29.5 Å². The summed E-state index contributed by atoms with van der Waals surface area (Å²) in [5.74, 6) is 0.494. The Bertz CT molecular complexity index is 1080. The predicted molar refractivity (Wildman–Crippen MR) is 122 cm³/mol. The van der Waals surface area contributed by atoms with Gasteiger partial charge in [-0.05, 0) is 43.4 Å². The van der Waals surface area contributed by atoms with Gasteiger partial charge in [-0.15, -0.1) is 0 Å². The van der Waals surface area contributed by atoms with Crippen molar-refractivity contribution in [3.63, 3.8) is 0 Å². The van der Waals surface area contributed by atoms with Crippen molar-refractivity contribution in [1.29, 1.82) is 0 Å². The molecule has 0 unspecified atom stereocenters. The average molecular weight is 433 g/mol. The molecule has 0 spiro atoms. The lowest BCUT2D eigenvalue weighted by Gasteiger charge is -2.28. The third-order valence-corrected chi connectivity index (χ3v) is 6.04. The highest BCUT2D eigenvalue weighted by Gasteiger charge is 2.28. The lowest BCUT2D eigenvalue weighted by molar-refractivity contribution is -0.127. The van der Waals surface area contributed by atoms with Gasteiger partial charge < -0.3 is 15.0 Å². The Kier molecular flexibility index (Phi) is 7.07. The smallest absolute Gasteiger partial charge is 0.251 e. The summed E-state index contributed by atoms with van der Waals surface area (Å²) in [6.07, 6.45) is 7.43. The van der Waals surface area contributed by atoms with Crippen molar-refractivity contribution >= 4 is 5.91 Å². The number of hydrogen-bond donors (Lipinski definition) is 2. The van der Waals surface area contributed by atoms with Gasteiger partial charge in [0, 0.05) is 43.5 Å². The van der Waals surface area contributed by atoms with E-state index in [2.05, 4.69) is 20.3 Å². The largest absolute Gasteiger partial charge is 0.381 e. The zero-order valence-corrected chi connectivity index (χ0v) is 18.2. The van der Waals surface area contributed by atoms with Gasteiger partial charge in [-0.1, -0.05) is 30.3 Å². The van der Waals surface area contributed by atoms with Crippen LogP contribution in [0.25, 0.3) is 11.4 Å². The third kappa shape index (κ3) is 5.48. The number of methoxy groups -OCH3 is 1. The highest BCUT2D eigenvalue weighted by molar-refractivity contribution is 5.79. The van der Waals surface area contributed by atoms with Crippen molar-refractivity contribution in [3.8, 4) is 11.4 Å². The molecule has 2 aromatic heterocycles. The lowest BCUT2D eigenvalue weighted by atomic mass is 9.86. The second-order valence-corrected chi connectivity index (χ2v) is 8.21. The Morgan fingerprint density at radius 3 is 2.62 bits per heavy atom. The molecule has 2 N–H and O–H groups in total. The Morgan fingerprint density at radius 2 is 1.94 bits per heavy atom. The Balaban J connectivity index is 1.55. The van der Waals surface area contributed by atoms with E-state index in [9.17, 15) is 9.59 Å². The number of benzene rings is 1. The summed E-state index contributed by atoms with van der Waals surface area (Å²) in [6.45, 7) is 0. The molecule has 4 rings (SSSR count). The van der Waals surface area contributed by atoms with Crippen LogP contribution in [0.4, 0.5) is 0 Å². The summed E-state index contributed by atoms with van der Waals surface area (Å²) in [5, 5.41) is 3.22. The van der Waals surface area contributed by atoms with Crippen molar-refractivity contribution < 1.29 is 9.53 Å². The standard InChI is InChI=1S/C25H28N4O3/c1-32-21-11-9-18(10-12-21)25(31)28-22(17-6-3-2-4-7-17)14-20-15-23(30)29-24(27-20)19-8-5-13-26-16-19/h2-8,13,15-16,18,21-22H,9-12,14H2,1H3,(H,28,31)(H,27,29,30)/t18?,21?,22-/m0/s1. The maximum atomic E-state index is 13.1. The highest BCUT2D eigenvalue weighted by atomic mass is 16.5. The number of aromatic amines is 1. The first-order valence-corrected chi connectivity index (χ1v) is 11.0. The molecule has 1 atom stereocenters. The summed E-state index contributed by atoms with van der Waals surface area (Å²) in [5.41, 5.74) is 2.10. The van der Waals surface area contributed by atoms with Crippen LogP contribution in [0.3, 0.4) is 0 Å². The summed E-state index contributed by atoms with van der Waals surface area (Å²) in [6, 6.07) is 14.7. The number of hydrogen-bond acceptors (Lipinski definition) is 5. The second-order valence-electron chi connectivity index (χ2n) is 8.21. The third-order valence-electron chi connectivity index (χ3n) is 6.04. The van der Waals surface area contributed by atoms with Crippen LogP contribution in [0.15, 0.2) is 65.7 Å². The SMILES string of the molecule is COC1CCC(C(=O)N[C@@H](Cc2cc(=O)[nH]c(-c3cccnc3)n2)c2ccccc2)CC1. The minimum atomic E-state index is -0.278. The number of nitrogens with zero attached hydrogens (tertiary/aromatic N) is 2. The summed E-state index contributed by atoms with van der Waals surface area (Å²) < 4.78 is 5.43. The number of pyridine rings is 1. The molecule has 1 aromatic carbocycles. The number of amides is 1. The maximum absolute atomic E-state index is 13.1. The molecule has 1 aliphatic rings. The fraction of sp³-hybridized carbons (Fsp3) is 0.360. The summed E-state index contributed by atoms with van der Waals surface area (Å²) in [7, 11) is 1.73. The van der Waals surface area contributed by atoms with Crippen LogP contribution in [0.5, 0.6) is 0 Å². The van der Waals surface area contributed by atoms with Gasteiger partial charge in [0.1, 0.15) is 5.82 Å². The summed E-state index contributed by atoms with van der Waals surface area (Å²) >= 11 is 0. The number of rotatable bonds is 7. The topological polar surface area (TPSA) is 97.0 Å². The Hall–Kier alpha value is -3.32. The van der Waals surface area contributed by atoms with E-state index in [0.717, 1.165) is 36.8 Å². The van der Waals surface area contributed by atoms with E-state index < -0.39 is 0 Å². The molecule has 0 radical (unpaired) electrons. The number of ether oxygens (including phenoxy) is 1. The van der Waals surface area contributed by atoms with Crippen LogP contribution < -0.4 is 10.9 Å². The van der Waals surface area contributed by atoms with Crippen LogP contribution in [0, 0.1) is 5.92 Å². The minimum absolute atomic E-state index is 0.0225. The average Bonchev–Trinajstić information content (AvgIpc) is 2.84. The van der Waals surface area contributed by atoms with E-state index >= 15 is 0 Å². The molecule has 0 saturated heterocycles. The molecule has 166 valence electrons. The number of nitrogens with one attached hydrogen (secondary N) is 2. The number of carbonyl (C=O) groups is 1. The molecule has 0 bridgehead atoms. The molecule has 32 heavy (non-hydrogen) atoms. The number of H-pyrrole nitrogens is 1. The molecule has 3 aromatic rings. The quantitative estimate of drug-likeness (QED) is 0.596. The van der Waals surface area contributed by atoms with Crippen molar-refractivity contribution in [2.75, 3.05) is 7.11 Å². The maximum Gasteiger partial charge on any atom is 0.251 e. The summed E-state index contributed by atoms with van der Waals surface area (Å²) in [4.78, 5) is 36.9. The van der Waals surface area contributed by atoms with Crippen molar-refractivity contribution in [3.05, 3.63) is 82.5 Å². The first-order chi connectivity index (χ1) is 15.6. The molecule has 1 amide bonds. The van der Waals surface area contributed by atoms with E-state index in [1.54, 1.807) is 25.6 Å². The van der Waals surface area contributed by atoms with Crippen LogP contribution in [0.1, 0.15) is 43.0 Å². The van der Waals surface area contributed by atoms with E-state index in [1.165, 1.54) is 6.07 Å². The van der Waals surface area contributed by atoms with E-state index in [0.29, 0.717) is 17.9 Å². The normalized spacial score (nSPS) is 19.3. The highest BCUT2D eigenvalue weighted by Crippen LogP contribution is 2.27. The monoisotopic (exact) mass is 432 g/mol. The first kappa shape index (κ1) is 21.9. The van der Waals surface area contributed by atoms with Gasteiger partial charge in [0.15, 0.2) is 0 Å². The van der Waals surface area contributed by atoms with Crippen LogP contribution >= 0.6 is 0 Å². The van der Waals surface area contributed by atoms with Gasteiger partial charge >= 0.3 is 0 Å². The van der Waals surface area contributed by atoms with Crippen molar-refractivity contribution in [2.45, 2.75) is 44.2 Å². The Morgan fingerprint density at radius 1 is 1.16 bits per heavy atom. The minimum Gasteiger partial charge on any atom is -0.381 e. The van der Waals surface area contributed by atoms with Gasteiger partial charge in [0.05, 0.1) is 17.8 Å². The fourth-order valence-electron chi connectivity index (χ4n) is 4.25. The molecule has 0 aliphatic heterocycles. The molecule has 2 heterocycles. The van der Waals surface area contributed by atoms with Crippen molar-refractivity contribution in [2.24, 2.45) is 5.92 Å². The zero-order chi connectivity index (χ0) is 22.3. The van der Waals surface area contributed by atoms with E-state index in [1.807, 2.05) is 36.4 Å².